The Morgan fingerprint density at radius 2 is 0.735 bits per heavy atom. The molecule has 0 spiro atoms. The van der Waals surface area contributed by atoms with Crippen molar-refractivity contribution < 1.29 is 19.9 Å². The van der Waals surface area contributed by atoms with Crippen molar-refractivity contribution in [3.63, 3.8) is 0 Å². The molecular formula is C45H41NO3. The Balaban J connectivity index is 0.00000113. The van der Waals surface area contributed by atoms with Crippen LogP contribution in [0.4, 0.5) is 0 Å². The first-order valence-electron chi connectivity index (χ1n) is 16.2. The Labute approximate surface area is 289 Å². The van der Waals surface area contributed by atoms with Crippen molar-refractivity contribution in [1.29, 1.82) is 0 Å². The third kappa shape index (κ3) is 7.37. The van der Waals surface area contributed by atoms with E-state index in [0.29, 0.717) is 11.1 Å². The Morgan fingerprint density at radius 3 is 1.12 bits per heavy atom. The summed E-state index contributed by atoms with van der Waals surface area (Å²) in [5.74, 6) is 0.0337. The van der Waals surface area contributed by atoms with Gasteiger partial charge in [0.05, 0.1) is 0 Å². The first-order valence-corrected chi connectivity index (χ1v) is 16.2. The second-order valence-corrected chi connectivity index (χ2v) is 11.4. The molecule has 0 atom stereocenters. The van der Waals surface area contributed by atoms with Crippen LogP contribution in [-0.4, -0.2) is 24.4 Å². The fraction of sp³-hybridized carbons (Fsp3) is 0.0889. The van der Waals surface area contributed by atoms with Crippen LogP contribution in [0.5, 0.6) is 5.75 Å². The zero-order valence-electron chi connectivity index (χ0n) is 28.3. The van der Waals surface area contributed by atoms with Gasteiger partial charge in [-0.15, -0.1) is 0 Å². The largest absolute Gasteiger partial charge is 0.872 e. The lowest BCUT2D eigenvalue weighted by atomic mass is 9.91. The first kappa shape index (κ1) is 34.5. The fourth-order valence-corrected chi connectivity index (χ4v) is 6.21. The van der Waals surface area contributed by atoms with Gasteiger partial charge in [-0.1, -0.05) is 121 Å². The topological polar surface area (TPSA) is 67.4 Å². The standard InChI is InChI=1S/C43H33NO.2CH4O/c1-30-16-12-14-24-37(30)39-28-36(29-40(43(39)45)38-25-15-13-17-31(38)2)44-41(33-20-8-4-9-21-33)26-35(32-18-6-3-7-19-32)27-42(44)34-22-10-5-11-23-34;2*1-2/h3-29H,1-2H3;2*2H,1H3. The average Bonchev–Trinajstić information content (AvgIpc) is 3.18. The maximum atomic E-state index is 14.4. The lowest BCUT2D eigenvalue weighted by molar-refractivity contribution is -0.572. The number of aliphatic hydroxyl groups excluding tert-OH is 2. The molecule has 0 aliphatic carbocycles. The molecule has 49 heavy (non-hydrogen) atoms. The summed E-state index contributed by atoms with van der Waals surface area (Å²) >= 11 is 0. The number of aromatic nitrogens is 1. The molecule has 2 N–H and O–H groups in total. The van der Waals surface area contributed by atoms with Crippen LogP contribution in [0.15, 0.2) is 164 Å². The highest BCUT2D eigenvalue weighted by atomic mass is 16.3. The highest BCUT2D eigenvalue weighted by Gasteiger charge is 2.27. The summed E-state index contributed by atoms with van der Waals surface area (Å²) in [5.41, 5.74) is 12.9. The van der Waals surface area contributed by atoms with E-state index in [0.717, 1.165) is 75.8 Å². The van der Waals surface area contributed by atoms with Crippen molar-refractivity contribution in [2.45, 2.75) is 13.8 Å². The normalized spacial score (nSPS) is 10.3. The van der Waals surface area contributed by atoms with Crippen molar-refractivity contribution in [2.75, 3.05) is 14.2 Å². The molecule has 0 radical (unpaired) electrons. The van der Waals surface area contributed by atoms with Crippen LogP contribution in [-0.2, 0) is 0 Å². The number of nitrogens with zero attached hydrogens (tertiary/aromatic N) is 1. The summed E-state index contributed by atoms with van der Waals surface area (Å²) in [6, 6.07) is 56.5. The van der Waals surface area contributed by atoms with Crippen molar-refractivity contribution in [3.8, 4) is 67.3 Å². The smallest absolute Gasteiger partial charge is 0.219 e. The van der Waals surface area contributed by atoms with Crippen LogP contribution in [0.1, 0.15) is 11.1 Å². The number of pyridine rings is 1. The van der Waals surface area contributed by atoms with Crippen LogP contribution < -0.4 is 9.67 Å². The van der Waals surface area contributed by atoms with E-state index in [-0.39, 0.29) is 5.75 Å². The second-order valence-electron chi connectivity index (χ2n) is 11.4. The van der Waals surface area contributed by atoms with Crippen LogP contribution in [0, 0.1) is 13.8 Å². The molecule has 0 saturated carbocycles. The third-order valence-electron chi connectivity index (χ3n) is 8.51. The lowest BCUT2D eigenvalue weighted by Crippen LogP contribution is -2.36. The summed E-state index contributed by atoms with van der Waals surface area (Å²) in [5, 5.41) is 28.4. The van der Waals surface area contributed by atoms with Gasteiger partial charge in [0, 0.05) is 49.6 Å². The molecule has 1 aromatic heterocycles. The van der Waals surface area contributed by atoms with Crippen LogP contribution in [0.3, 0.4) is 0 Å². The van der Waals surface area contributed by atoms with Crippen LogP contribution >= 0.6 is 0 Å². The molecule has 0 bridgehead atoms. The van der Waals surface area contributed by atoms with Crippen molar-refractivity contribution in [3.05, 3.63) is 175 Å². The van der Waals surface area contributed by atoms with Crippen molar-refractivity contribution in [1.82, 2.24) is 0 Å². The molecule has 0 fully saturated rings. The number of hydrogen-bond donors (Lipinski definition) is 2. The number of aryl methyl sites for hydroxylation is 2. The zero-order valence-corrected chi connectivity index (χ0v) is 28.3. The molecular weight excluding hydrogens is 602 g/mol. The van der Waals surface area contributed by atoms with E-state index in [1.54, 1.807) is 0 Å². The first-order chi connectivity index (χ1) is 24.1. The Morgan fingerprint density at radius 1 is 0.388 bits per heavy atom. The number of aliphatic hydroxyl groups is 2. The molecule has 0 saturated heterocycles. The molecule has 4 nitrogen and oxygen atoms in total. The van der Waals surface area contributed by atoms with Gasteiger partial charge in [0.15, 0.2) is 0 Å². The predicted molar refractivity (Wildman–Crippen MR) is 200 cm³/mol. The Bertz CT molecular complexity index is 2000. The highest BCUT2D eigenvalue weighted by Crippen LogP contribution is 2.41. The molecule has 7 rings (SSSR count). The van der Waals surface area contributed by atoms with Crippen molar-refractivity contribution in [2.24, 2.45) is 0 Å². The molecule has 0 amide bonds. The van der Waals surface area contributed by atoms with Gasteiger partial charge in [-0.2, -0.15) is 4.57 Å². The van der Waals surface area contributed by atoms with E-state index >= 15 is 0 Å². The minimum absolute atomic E-state index is 0.0337. The lowest BCUT2D eigenvalue weighted by Gasteiger charge is -2.23. The van der Waals surface area contributed by atoms with Gasteiger partial charge in [0.2, 0.25) is 17.1 Å². The zero-order chi connectivity index (χ0) is 34.8. The van der Waals surface area contributed by atoms with Crippen LogP contribution in [0.25, 0.3) is 61.6 Å². The summed E-state index contributed by atoms with van der Waals surface area (Å²) in [6.45, 7) is 4.14. The molecule has 0 aliphatic heterocycles. The molecule has 0 aliphatic rings. The quantitative estimate of drug-likeness (QED) is 0.178. The summed E-state index contributed by atoms with van der Waals surface area (Å²) in [4.78, 5) is 0. The summed E-state index contributed by atoms with van der Waals surface area (Å²) < 4.78 is 2.32. The van der Waals surface area contributed by atoms with Gasteiger partial charge in [-0.25, -0.2) is 0 Å². The molecule has 244 valence electrons. The van der Waals surface area contributed by atoms with E-state index in [1.165, 1.54) is 0 Å². The Hall–Kier alpha value is -5.81. The van der Waals surface area contributed by atoms with E-state index in [1.807, 2.05) is 42.5 Å². The molecule has 7 aromatic rings. The van der Waals surface area contributed by atoms with Gasteiger partial charge in [0.25, 0.3) is 0 Å². The van der Waals surface area contributed by atoms with E-state index in [2.05, 4.69) is 140 Å². The molecule has 6 aromatic carbocycles. The third-order valence-corrected chi connectivity index (χ3v) is 8.51. The summed E-state index contributed by atoms with van der Waals surface area (Å²) in [6.07, 6.45) is 0. The molecule has 0 unspecified atom stereocenters. The highest BCUT2D eigenvalue weighted by molar-refractivity contribution is 5.86. The monoisotopic (exact) mass is 643 g/mol. The summed E-state index contributed by atoms with van der Waals surface area (Å²) in [7, 11) is 2.00. The van der Waals surface area contributed by atoms with Gasteiger partial charge >= 0.3 is 0 Å². The van der Waals surface area contributed by atoms with Gasteiger partial charge < -0.3 is 15.3 Å². The average molecular weight is 644 g/mol. The number of rotatable bonds is 6. The van der Waals surface area contributed by atoms with Gasteiger partial charge in [0.1, 0.15) is 0 Å². The fourth-order valence-electron chi connectivity index (χ4n) is 6.21. The van der Waals surface area contributed by atoms with Crippen molar-refractivity contribution >= 4 is 0 Å². The number of benzene rings is 6. The second kappa shape index (κ2) is 16.3. The maximum absolute atomic E-state index is 14.4. The minimum atomic E-state index is 0.0337. The molecule has 1 heterocycles. The maximum Gasteiger partial charge on any atom is 0.219 e. The predicted octanol–water partition coefficient (Wildman–Crippen LogP) is 9.21. The van der Waals surface area contributed by atoms with E-state index in [4.69, 9.17) is 10.2 Å². The Kier molecular flexibility index (Phi) is 11.5. The van der Waals surface area contributed by atoms with Gasteiger partial charge in [-0.3, -0.25) is 0 Å². The molecule has 4 heteroatoms. The van der Waals surface area contributed by atoms with Crippen LogP contribution in [0.2, 0.25) is 0 Å². The van der Waals surface area contributed by atoms with E-state index < -0.39 is 0 Å². The van der Waals surface area contributed by atoms with E-state index in [9.17, 15) is 5.11 Å². The SMILES string of the molecule is CO.CO.Cc1ccccc1-c1cc(-[n+]2c(-c3ccccc3)cc(-c3ccccc3)cc2-c2ccccc2)cc(-c2ccccc2C)c1[O-]. The van der Waals surface area contributed by atoms with Gasteiger partial charge in [-0.05, 0) is 82.6 Å². The minimum Gasteiger partial charge on any atom is -0.872 e. The number of hydrogen-bond acceptors (Lipinski definition) is 3.